The highest BCUT2D eigenvalue weighted by Gasteiger charge is 2.48. The third kappa shape index (κ3) is 5.60. The van der Waals surface area contributed by atoms with E-state index in [2.05, 4.69) is 10.00 Å². The molecular formula is C25H33F2N5O4. The highest BCUT2D eigenvalue weighted by Crippen LogP contribution is 2.40. The lowest BCUT2D eigenvalue weighted by Crippen LogP contribution is -2.51. The van der Waals surface area contributed by atoms with Gasteiger partial charge in [-0.1, -0.05) is 6.92 Å². The maximum atomic E-state index is 13.2. The van der Waals surface area contributed by atoms with Gasteiger partial charge in [0.05, 0.1) is 29.0 Å². The van der Waals surface area contributed by atoms with Crippen molar-refractivity contribution in [1.82, 2.24) is 19.7 Å². The number of nitrogens with zero attached hydrogens (tertiary/aromatic N) is 5. The zero-order valence-corrected chi connectivity index (χ0v) is 20.9. The zero-order chi connectivity index (χ0) is 26.0. The van der Waals surface area contributed by atoms with Crippen molar-refractivity contribution in [1.29, 1.82) is 0 Å². The molecule has 0 bridgehead atoms. The molecule has 4 rings (SSSR count). The average molecular weight is 506 g/mol. The van der Waals surface area contributed by atoms with Crippen LogP contribution in [0.2, 0.25) is 0 Å². The van der Waals surface area contributed by atoms with Crippen LogP contribution in [0.1, 0.15) is 50.4 Å². The summed E-state index contributed by atoms with van der Waals surface area (Å²) in [6, 6.07) is 3.39. The Morgan fingerprint density at radius 1 is 1.31 bits per heavy atom. The minimum atomic E-state index is -2.71. The van der Waals surface area contributed by atoms with Gasteiger partial charge in [0.2, 0.25) is 0 Å². The largest absolute Gasteiger partial charge is 0.481 e. The molecule has 0 aromatic carbocycles. The Balaban J connectivity index is 1.47. The number of aliphatic carboxylic acids is 1. The maximum Gasteiger partial charge on any atom is 0.410 e. The van der Waals surface area contributed by atoms with Gasteiger partial charge in [0.15, 0.2) is 0 Å². The van der Waals surface area contributed by atoms with Crippen molar-refractivity contribution in [3.05, 3.63) is 29.7 Å². The molecule has 1 atom stereocenters. The maximum absolute atomic E-state index is 13.2. The van der Waals surface area contributed by atoms with Crippen LogP contribution < -0.4 is 4.90 Å². The summed E-state index contributed by atoms with van der Waals surface area (Å²) in [6.07, 6.45) is 3.04. The number of hydrogen-bond acceptors (Lipinski definition) is 6. The van der Waals surface area contributed by atoms with Crippen LogP contribution in [-0.2, 0) is 29.6 Å². The summed E-state index contributed by atoms with van der Waals surface area (Å²) >= 11 is 0. The van der Waals surface area contributed by atoms with Crippen molar-refractivity contribution in [3.63, 3.8) is 0 Å². The third-order valence-electron chi connectivity index (χ3n) is 7.18. The van der Waals surface area contributed by atoms with Gasteiger partial charge in [-0.25, -0.2) is 13.6 Å². The van der Waals surface area contributed by atoms with E-state index in [1.165, 1.54) is 11.9 Å². The van der Waals surface area contributed by atoms with E-state index in [0.717, 1.165) is 36.3 Å². The van der Waals surface area contributed by atoms with E-state index in [1.54, 1.807) is 17.9 Å². The summed E-state index contributed by atoms with van der Waals surface area (Å²) in [4.78, 5) is 31.9. The molecule has 1 N–H and O–H groups in total. The first-order valence-electron chi connectivity index (χ1n) is 12.3. The number of carbonyl (C=O) groups is 2. The van der Waals surface area contributed by atoms with Gasteiger partial charge in [0.25, 0.3) is 5.92 Å². The van der Waals surface area contributed by atoms with E-state index in [9.17, 15) is 23.5 Å². The number of rotatable bonds is 8. The van der Waals surface area contributed by atoms with Gasteiger partial charge in [0.1, 0.15) is 6.61 Å². The van der Waals surface area contributed by atoms with Crippen molar-refractivity contribution in [2.75, 3.05) is 25.0 Å². The molecule has 2 fully saturated rings. The molecule has 11 heteroatoms. The first-order valence-corrected chi connectivity index (χ1v) is 12.3. The van der Waals surface area contributed by atoms with Gasteiger partial charge in [0, 0.05) is 58.1 Å². The second-order valence-electron chi connectivity index (χ2n) is 9.78. The minimum Gasteiger partial charge on any atom is -0.481 e. The quantitative estimate of drug-likeness (QED) is 0.576. The SMILES string of the molecule is CCc1nc(-c2cnn(C)c2COC(=O)N(C)C2CC(F)(F)C2)ccc1N1CCC[C@H](CC(=O)O)C1. The molecule has 0 radical (unpaired) electrons. The van der Waals surface area contributed by atoms with Crippen LogP contribution in [0.4, 0.5) is 19.3 Å². The number of aryl methyl sites for hydroxylation is 2. The van der Waals surface area contributed by atoms with E-state index in [0.29, 0.717) is 24.4 Å². The van der Waals surface area contributed by atoms with E-state index in [4.69, 9.17) is 9.72 Å². The summed E-state index contributed by atoms with van der Waals surface area (Å²) in [5.41, 5.74) is 3.98. The first kappa shape index (κ1) is 25.8. The Labute approximate surface area is 209 Å². The van der Waals surface area contributed by atoms with E-state index >= 15 is 0 Å². The lowest BCUT2D eigenvalue weighted by atomic mass is 9.87. The Kier molecular flexibility index (Phi) is 7.46. The normalized spacial score (nSPS) is 19.6. The number of hydrogen-bond donors (Lipinski definition) is 1. The van der Waals surface area contributed by atoms with Crippen LogP contribution in [0.25, 0.3) is 11.3 Å². The lowest BCUT2D eigenvalue weighted by molar-refractivity contribution is -0.138. The predicted molar refractivity (Wildman–Crippen MR) is 129 cm³/mol. The number of carboxylic acids is 1. The second kappa shape index (κ2) is 10.4. The van der Waals surface area contributed by atoms with Crippen LogP contribution in [0.15, 0.2) is 18.3 Å². The molecule has 196 valence electrons. The van der Waals surface area contributed by atoms with E-state index < -0.39 is 24.0 Å². The summed E-state index contributed by atoms with van der Waals surface area (Å²) in [5, 5.41) is 13.5. The summed E-state index contributed by atoms with van der Waals surface area (Å²) in [7, 11) is 3.22. The number of amides is 1. The highest BCUT2D eigenvalue weighted by molar-refractivity contribution is 5.69. The molecule has 1 saturated heterocycles. The standard InChI is InChI=1S/C25H33F2N5O4/c1-4-19-21(32-9-5-6-16(14-32)10-23(33)34)8-7-20(29-19)18-13-28-31(3)22(18)15-36-24(35)30(2)17-11-25(26,27)12-17/h7-8,13,16-17H,4-6,9-12,14-15H2,1-3H3,(H,33,34)/t16-/m1/s1. The topological polar surface area (TPSA) is 101 Å². The second-order valence-corrected chi connectivity index (χ2v) is 9.78. The number of carboxylic acid groups (broad SMARTS) is 1. The van der Waals surface area contributed by atoms with Gasteiger partial charge in [-0.3, -0.25) is 14.5 Å². The monoisotopic (exact) mass is 505 g/mol. The fraction of sp³-hybridized carbons (Fsp3) is 0.600. The Hall–Kier alpha value is -3.24. The molecule has 2 aromatic rings. The highest BCUT2D eigenvalue weighted by atomic mass is 19.3. The molecular weight excluding hydrogens is 472 g/mol. The van der Waals surface area contributed by atoms with E-state index in [-0.39, 0.29) is 31.8 Å². The van der Waals surface area contributed by atoms with Crippen LogP contribution in [0.3, 0.4) is 0 Å². The number of halogens is 2. The van der Waals surface area contributed by atoms with Gasteiger partial charge < -0.3 is 19.6 Å². The number of piperidine rings is 1. The zero-order valence-electron chi connectivity index (χ0n) is 20.9. The molecule has 2 aromatic heterocycles. The fourth-order valence-corrected chi connectivity index (χ4v) is 5.02. The van der Waals surface area contributed by atoms with Gasteiger partial charge in [-0.2, -0.15) is 5.10 Å². The molecule has 2 aliphatic rings. The number of aromatic nitrogens is 3. The Morgan fingerprint density at radius 2 is 2.06 bits per heavy atom. The number of ether oxygens (including phenoxy) is 1. The summed E-state index contributed by atoms with van der Waals surface area (Å²) in [5.74, 6) is -3.37. The third-order valence-corrected chi connectivity index (χ3v) is 7.18. The summed E-state index contributed by atoms with van der Waals surface area (Å²) in [6.45, 7) is 3.51. The number of alkyl halides is 2. The van der Waals surface area contributed by atoms with Crippen LogP contribution in [0, 0.1) is 5.92 Å². The van der Waals surface area contributed by atoms with Gasteiger partial charge in [-0.15, -0.1) is 0 Å². The van der Waals surface area contributed by atoms with Crippen molar-refractivity contribution in [2.24, 2.45) is 13.0 Å². The fourth-order valence-electron chi connectivity index (χ4n) is 5.02. The van der Waals surface area contributed by atoms with Crippen molar-refractivity contribution in [3.8, 4) is 11.3 Å². The number of anilines is 1. The lowest BCUT2D eigenvalue weighted by Gasteiger charge is -2.40. The molecule has 1 amide bonds. The Bertz CT molecular complexity index is 1110. The van der Waals surface area contributed by atoms with Gasteiger partial charge >= 0.3 is 12.1 Å². The van der Waals surface area contributed by atoms with Crippen LogP contribution >= 0.6 is 0 Å². The summed E-state index contributed by atoms with van der Waals surface area (Å²) < 4.78 is 33.4. The van der Waals surface area contributed by atoms with Crippen molar-refractivity contribution in [2.45, 2.75) is 64.0 Å². The molecule has 36 heavy (non-hydrogen) atoms. The Morgan fingerprint density at radius 3 is 2.72 bits per heavy atom. The number of pyridine rings is 1. The molecule has 1 aliphatic carbocycles. The first-order chi connectivity index (χ1) is 17.1. The smallest absolute Gasteiger partial charge is 0.410 e. The molecule has 9 nitrogen and oxygen atoms in total. The van der Waals surface area contributed by atoms with Crippen molar-refractivity contribution >= 4 is 17.7 Å². The predicted octanol–water partition coefficient (Wildman–Crippen LogP) is 4.10. The van der Waals surface area contributed by atoms with Crippen molar-refractivity contribution < 1.29 is 28.2 Å². The van der Waals surface area contributed by atoms with Gasteiger partial charge in [-0.05, 0) is 37.3 Å². The molecule has 0 unspecified atom stereocenters. The van der Waals surface area contributed by atoms with Crippen LogP contribution in [0.5, 0.6) is 0 Å². The molecule has 0 spiro atoms. The molecule has 1 aliphatic heterocycles. The average Bonchev–Trinajstić information content (AvgIpc) is 3.19. The van der Waals surface area contributed by atoms with E-state index in [1.807, 2.05) is 19.1 Å². The number of carbonyl (C=O) groups excluding carboxylic acids is 1. The minimum absolute atomic E-state index is 0.0635. The molecule has 1 saturated carbocycles. The van der Waals surface area contributed by atoms with Crippen LogP contribution in [-0.4, -0.2) is 68.9 Å². The molecule has 3 heterocycles.